The van der Waals surface area contributed by atoms with Crippen molar-refractivity contribution in [1.29, 1.82) is 0 Å². The van der Waals surface area contributed by atoms with Crippen LogP contribution < -0.4 is 0 Å². The highest BCUT2D eigenvalue weighted by molar-refractivity contribution is 9.11. The van der Waals surface area contributed by atoms with E-state index >= 15 is 0 Å². The number of halogens is 4. The van der Waals surface area contributed by atoms with Gasteiger partial charge in [0.25, 0.3) is 0 Å². The van der Waals surface area contributed by atoms with Gasteiger partial charge in [-0.25, -0.2) is 4.98 Å². The molecule has 102 valence electrons. The standard InChI is InChI=1S/C13H6Br2Cl2N2O/c14-6-1-5(2-7(15)12(6)20)13-18-10-3-8(16)9(17)4-11(10)19-13/h1-4,20H,(H,18,19). The molecule has 7 heteroatoms. The first kappa shape index (κ1) is 14.2. The third-order valence-electron chi connectivity index (χ3n) is 2.81. The van der Waals surface area contributed by atoms with Crippen molar-refractivity contribution in [3.05, 3.63) is 43.3 Å². The molecule has 3 nitrogen and oxygen atoms in total. The minimum atomic E-state index is 0.149. The summed E-state index contributed by atoms with van der Waals surface area (Å²) < 4.78 is 1.16. The van der Waals surface area contributed by atoms with Crippen LogP contribution in [0.3, 0.4) is 0 Å². The molecular formula is C13H6Br2Cl2N2O. The van der Waals surface area contributed by atoms with Gasteiger partial charge < -0.3 is 10.1 Å². The molecule has 0 radical (unpaired) electrons. The summed E-state index contributed by atoms with van der Waals surface area (Å²) in [5.41, 5.74) is 2.36. The molecule has 0 aliphatic heterocycles. The Hall–Kier alpha value is -0.750. The van der Waals surface area contributed by atoms with Gasteiger partial charge >= 0.3 is 0 Å². The average Bonchev–Trinajstić information content (AvgIpc) is 2.79. The lowest BCUT2D eigenvalue weighted by atomic mass is 10.2. The zero-order chi connectivity index (χ0) is 14.4. The summed E-state index contributed by atoms with van der Waals surface area (Å²) in [5.74, 6) is 0.815. The van der Waals surface area contributed by atoms with Crippen molar-refractivity contribution in [2.45, 2.75) is 0 Å². The fourth-order valence-electron chi connectivity index (χ4n) is 1.84. The normalized spacial score (nSPS) is 11.2. The summed E-state index contributed by atoms with van der Waals surface area (Å²) in [6, 6.07) is 7.01. The Kier molecular flexibility index (Phi) is 3.71. The van der Waals surface area contributed by atoms with Crippen LogP contribution in [0, 0.1) is 0 Å². The van der Waals surface area contributed by atoms with Crippen molar-refractivity contribution in [3.8, 4) is 17.1 Å². The van der Waals surface area contributed by atoms with E-state index in [-0.39, 0.29) is 5.75 Å². The van der Waals surface area contributed by atoms with E-state index in [1.165, 1.54) is 0 Å². The molecule has 0 unspecified atom stereocenters. The van der Waals surface area contributed by atoms with Crippen molar-refractivity contribution >= 4 is 66.1 Å². The van der Waals surface area contributed by atoms with Gasteiger partial charge in [-0.3, -0.25) is 0 Å². The molecule has 2 N–H and O–H groups in total. The largest absolute Gasteiger partial charge is 0.506 e. The van der Waals surface area contributed by atoms with Gasteiger partial charge in [0, 0.05) is 5.56 Å². The molecule has 2 aromatic carbocycles. The maximum absolute atomic E-state index is 9.73. The fraction of sp³-hybridized carbons (Fsp3) is 0. The third kappa shape index (κ3) is 2.44. The van der Waals surface area contributed by atoms with Gasteiger partial charge in [0.2, 0.25) is 0 Å². The van der Waals surface area contributed by atoms with E-state index in [2.05, 4.69) is 41.8 Å². The Labute approximate surface area is 141 Å². The van der Waals surface area contributed by atoms with Gasteiger partial charge in [-0.15, -0.1) is 0 Å². The highest BCUT2D eigenvalue weighted by atomic mass is 79.9. The minimum absolute atomic E-state index is 0.149. The van der Waals surface area contributed by atoms with Crippen LogP contribution in [0.15, 0.2) is 33.2 Å². The lowest BCUT2D eigenvalue weighted by molar-refractivity contribution is 0.468. The number of hydrogen-bond acceptors (Lipinski definition) is 2. The van der Waals surface area contributed by atoms with Gasteiger partial charge in [0.1, 0.15) is 11.6 Å². The van der Waals surface area contributed by atoms with Gasteiger partial charge in [-0.05, 0) is 56.1 Å². The first-order chi connectivity index (χ1) is 9.45. The second kappa shape index (κ2) is 5.22. The molecule has 1 aromatic heterocycles. The number of benzene rings is 2. The molecule has 3 rings (SSSR count). The van der Waals surface area contributed by atoms with E-state index in [0.717, 1.165) is 16.6 Å². The number of nitrogens with one attached hydrogen (secondary N) is 1. The summed E-state index contributed by atoms with van der Waals surface area (Å²) in [7, 11) is 0. The maximum Gasteiger partial charge on any atom is 0.143 e. The summed E-state index contributed by atoms with van der Waals surface area (Å²) in [6.07, 6.45) is 0. The number of H-pyrrole nitrogens is 1. The van der Waals surface area contributed by atoms with Crippen molar-refractivity contribution in [2.75, 3.05) is 0 Å². The molecule has 3 aromatic rings. The molecule has 0 saturated carbocycles. The van der Waals surface area contributed by atoms with Crippen LogP contribution in [0.5, 0.6) is 5.75 Å². The third-order valence-corrected chi connectivity index (χ3v) is 4.75. The fourth-order valence-corrected chi connectivity index (χ4v) is 3.35. The number of aromatic amines is 1. The van der Waals surface area contributed by atoms with Crippen molar-refractivity contribution in [2.24, 2.45) is 0 Å². The molecular weight excluding hydrogens is 431 g/mol. The minimum Gasteiger partial charge on any atom is -0.506 e. The van der Waals surface area contributed by atoms with Crippen LogP contribution in [-0.2, 0) is 0 Å². The zero-order valence-corrected chi connectivity index (χ0v) is 14.4. The highest BCUT2D eigenvalue weighted by Crippen LogP contribution is 2.37. The SMILES string of the molecule is Oc1c(Br)cc(-c2nc3cc(Cl)c(Cl)cc3[nH]2)cc1Br. The van der Waals surface area contributed by atoms with Crippen molar-refractivity contribution in [1.82, 2.24) is 9.97 Å². The Bertz CT molecular complexity index is 771. The second-order valence-corrected chi connectivity index (χ2v) is 6.68. The number of phenolic OH excluding ortho intramolecular Hbond substituents is 1. The van der Waals surface area contributed by atoms with Crippen LogP contribution in [0.1, 0.15) is 0 Å². The lowest BCUT2D eigenvalue weighted by Gasteiger charge is -2.03. The molecule has 1 heterocycles. The monoisotopic (exact) mass is 434 g/mol. The van der Waals surface area contributed by atoms with Crippen LogP contribution >= 0.6 is 55.1 Å². The highest BCUT2D eigenvalue weighted by Gasteiger charge is 2.12. The Morgan fingerprint density at radius 2 is 1.60 bits per heavy atom. The molecule has 0 fully saturated rings. The van der Waals surface area contributed by atoms with Crippen LogP contribution in [-0.4, -0.2) is 15.1 Å². The Balaban J connectivity index is 2.20. The maximum atomic E-state index is 9.73. The van der Waals surface area contributed by atoms with Gasteiger partial charge in [-0.1, -0.05) is 23.2 Å². The van der Waals surface area contributed by atoms with Crippen LogP contribution in [0.4, 0.5) is 0 Å². The van der Waals surface area contributed by atoms with E-state index in [9.17, 15) is 5.11 Å². The smallest absolute Gasteiger partial charge is 0.143 e. The first-order valence-corrected chi connectivity index (χ1v) is 7.83. The van der Waals surface area contributed by atoms with Crippen LogP contribution in [0.25, 0.3) is 22.4 Å². The number of nitrogens with zero attached hydrogens (tertiary/aromatic N) is 1. The van der Waals surface area contributed by atoms with E-state index in [1.54, 1.807) is 24.3 Å². The van der Waals surface area contributed by atoms with Gasteiger partial charge in [-0.2, -0.15) is 0 Å². The number of rotatable bonds is 1. The average molecular weight is 437 g/mol. The number of aromatic nitrogens is 2. The van der Waals surface area contributed by atoms with Gasteiger partial charge in [0.15, 0.2) is 0 Å². The van der Waals surface area contributed by atoms with Crippen LogP contribution in [0.2, 0.25) is 10.0 Å². The van der Waals surface area contributed by atoms with E-state index < -0.39 is 0 Å². The Morgan fingerprint density at radius 3 is 2.25 bits per heavy atom. The predicted molar refractivity (Wildman–Crippen MR) is 88.6 cm³/mol. The number of fused-ring (bicyclic) bond motifs is 1. The zero-order valence-electron chi connectivity index (χ0n) is 9.72. The Morgan fingerprint density at radius 1 is 1.00 bits per heavy atom. The van der Waals surface area contributed by atoms with E-state index in [1.807, 2.05) is 0 Å². The molecule has 0 aliphatic rings. The second-order valence-electron chi connectivity index (χ2n) is 4.16. The number of imidazole rings is 1. The lowest BCUT2D eigenvalue weighted by Crippen LogP contribution is -1.82. The predicted octanol–water partition coefficient (Wildman–Crippen LogP) is 5.77. The van der Waals surface area contributed by atoms with Gasteiger partial charge in [0.05, 0.1) is 30.0 Å². The number of aromatic hydroxyl groups is 1. The van der Waals surface area contributed by atoms with E-state index in [0.29, 0.717) is 24.8 Å². The van der Waals surface area contributed by atoms with Crippen molar-refractivity contribution in [3.63, 3.8) is 0 Å². The quantitative estimate of drug-likeness (QED) is 0.509. The number of hydrogen-bond donors (Lipinski definition) is 2. The van der Waals surface area contributed by atoms with Crippen molar-refractivity contribution < 1.29 is 5.11 Å². The molecule has 0 aliphatic carbocycles. The summed E-state index contributed by atoms with van der Waals surface area (Å²) in [6.45, 7) is 0. The molecule has 0 spiro atoms. The first-order valence-electron chi connectivity index (χ1n) is 5.49. The summed E-state index contributed by atoms with van der Waals surface area (Å²) in [5, 5.41) is 10.7. The summed E-state index contributed by atoms with van der Waals surface area (Å²) in [4.78, 5) is 7.65. The topological polar surface area (TPSA) is 48.9 Å². The molecule has 20 heavy (non-hydrogen) atoms. The molecule has 0 atom stereocenters. The molecule has 0 amide bonds. The van der Waals surface area contributed by atoms with E-state index in [4.69, 9.17) is 23.2 Å². The molecule has 0 bridgehead atoms. The number of phenols is 1. The molecule has 0 saturated heterocycles. The summed E-state index contributed by atoms with van der Waals surface area (Å²) >= 11 is 18.6.